The summed E-state index contributed by atoms with van der Waals surface area (Å²) in [5.41, 5.74) is -1.62. The van der Waals surface area contributed by atoms with Gasteiger partial charge in [0.05, 0.1) is 17.7 Å². The lowest BCUT2D eigenvalue weighted by Crippen LogP contribution is -2.29. The van der Waals surface area contributed by atoms with Gasteiger partial charge in [-0.25, -0.2) is 8.78 Å². The molecule has 9 heteroatoms. The number of halogens is 6. The Hall–Kier alpha value is -1.22. The summed E-state index contributed by atoms with van der Waals surface area (Å²) in [6, 6.07) is 3.13. The molecule has 1 amide bonds. The maximum atomic E-state index is 12.8. The Balaban J connectivity index is 2.66. The molecule has 0 saturated heterocycles. The number of benzene rings is 1. The first-order chi connectivity index (χ1) is 9.71. The van der Waals surface area contributed by atoms with E-state index in [9.17, 15) is 26.7 Å². The van der Waals surface area contributed by atoms with E-state index in [1.54, 1.807) is 0 Å². The van der Waals surface area contributed by atoms with E-state index >= 15 is 0 Å². The van der Waals surface area contributed by atoms with Gasteiger partial charge >= 0.3 is 6.18 Å². The second-order valence-electron chi connectivity index (χ2n) is 3.91. The van der Waals surface area contributed by atoms with E-state index < -0.39 is 36.2 Å². The number of carbonyl (C=O) groups is 1. The highest BCUT2D eigenvalue weighted by molar-refractivity contribution is 9.10. The smallest absolute Gasteiger partial charge is 0.374 e. The number of carbonyl (C=O) groups excluding carboxylic acids is 1. The van der Waals surface area contributed by atoms with Gasteiger partial charge in [0, 0.05) is 11.0 Å². The molecule has 1 aromatic carbocycles. The maximum absolute atomic E-state index is 12.8. The standard InChI is InChI=1S/C12H11BrF5NO2/c13-7-1-2-8(9(5-7)12(16,17)18)11(20)19-3-4-21-6-10(14)15/h1-2,5,10H,3-4,6H2,(H,19,20). The van der Waals surface area contributed by atoms with Crippen molar-refractivity contribution in [3.8, 4) is 0 Å². The zero-order valence-corrected chi connectivity index (χ0v) is 12.1. The lowest BCUT2D eigenvalue weighted by atomic mass is 10.1. The minimum atomic E-state index is -4.68. The van der Waals surface area contributed by atoms with Crippen LogP contribution in [0.5, 0.6) is 0 Å². The first kappa shape index (κ1) is 17.8. The number of hydrogen-bond donors (Lipinski definition) is 1. The van der Waals surface area contributed by atoms with Crippen LogP contribution in [-0.2, 0) is 10.9 Å². The zero-order chi connectivity index (χ0) is 16.0. The van der Waals surface area contributed by atoms with Crippen LogP contribution >= 0.6 is 15.9 Å². The number of ether oxygens (including phenoxy) is 1. The number of alkyl halides is 5. The van der Waals surface area contributed by atoms with Crippen molar-refractivity contribution in [2.24, 2.45) is 0 Å². The third-order valence-corrected chi connectivity index (χ3v) is 2.80. The second-order valence-corrected chi connectivity index (χ2v) is 4.83. The minimum Gasteiger partial charge on any atom is -0.374 e. The van der Waals surface area contributed by atoms with Gasteiger partial charge in [-0.3, -0.25) is 4.79 Å². The molecule has 0 heterocycles. The third kappa shape index (κ3) is 5.96. The minimum absolute atomic E-state index is 0.168. The summed E-state index contributed by atoms with van der Waals surface area (Å²) in [6.45, 7) is -1.17. The van der Waals surface area contributed by atoms with Crippen LogP contribution in [0.15, 0.2) is 22.7 Å². The van der Waals surface area contributed by atoms with E-state index in [0.29, 0.717) is 0 Å². The summed E-state index contributed by atoms with van der Waals surface area (Å²) in [7, 11) is 0. The van der Waals surface area contributed by atoms with Crippen LogP contribution in [0.4, 0.5) is 22.0 Å². The van der Waals surface area contributed by atoms with E-state index in [4.69, 9.17) is 0 Å². The van der Waals surface area contributed by atoms with Crippen LogP contribution in [0.2, 0.25) is 0 Å². The summed E-state index contributed by atoms with van der Waals surface area (Å²) in [4.78, 5) is 11.7. The third-order valence-electron chi connectivity index (χ3n) is 2.31. The van der Waals surface area contributed by atoms with Gasteiger partial charge in [-0.2, -0.15) is 13.2 Å². The van der Waals surface area contributed by atoms with E-state index in [1.807, 2.05) is 0 Å². The number of hydrogen-bond acceptors (Lipinski definition) is 2. The Morgan fingerprint density at radius 2 is 2.00 bits per heavy atom. The fraction of sp³-hybridized carbons (Fsp3) is 0.417. The van der Waals surface area contributed by atoms with Gasteiger partial charge in [0.15, 0.2) is 0 Å². The largest absolute Gasteiger partial charge is 0.417 e. The molecule has 0 unspecified atom stereocenters. The van der Waals surface area contributed by atoms with Gasteiger partial charge in [0.25, 0.3) is 12.3 Å². The van der Waals surface area contributed by atoms with Gasteiger partial charge in [0.2, 0.25) is 0 Å². The molecular formula is C12H11BrF5NO2. The van der Waals surface area contributed by atoms with Crippen molar-refractivity contribution in [3.63, 3.8) is 0 Å². The number of nitrogens with one attached hydrogen (secondary N) is 1. The molecule has 0 atom stereocenters. The maximum Gasteiger partial charge on any atom is 0.417 e. The van der Waals surface area contributed by atoms with Crippen molar-refractivity contribution in [1.29, 1.82) is 0 Å². The molecule has 0 saturated carbocycles. The molecule has 21 heavy (non-hydrogen) atoms. The van der Waals surface area contributed by atoms with Crippen molar-refractivity contribution in [3.05, 3.63) is 33.8 Å². The quantitative estimate of drug-likeness (QED) is 0.610. The monoisotopic (exact) mass is 375 g/mol. The summed E-state index contributed by atoms with van der Waals surface area (Å²) < 4.78 is 66.7. The molecule has 0 aromatic heterocycles. The highest BCUT2D eigenvalue weighted by Crippen LogP contribution is 2.33. The molecule has 0 bridgehead atoms. The first-order valence-corrected chi connectivity index (χ1v) is 6.52. The average molecular weight is 376 g/mol. The van der Waals surface area contributed by atoms with Crippen molar-refractivity contribution in [2.45, 2.75) is 12.6 Å². The SMILES string of the molecule is O=C(NCCOCC(F)F)c1ccc(Br)cc1C(F)(F)F. The van der Waals surface area contributed by atoms with Gasteiger partial charge in [0.1, 0.15) is 6.61 Å². The molecule has 118 valence electrons. The van der Waals surface area contributed by atoms with Crippen LogP contribution in [0.25, 0.3) is 0 Å². The van der Waals surface area contributed by atoms with Crippen LogP contribution in [0.1, 0.15) is 15.9 Å². The summed E-state index contributed by atoms with van der Waals surface area (Å²) >= 11 is 2.90. The van der Waals surface area contributed by atoms with Gasteiger partial charge in [-0.05, 0) is 18.2 Å². The molecule has 0 aliphatic heterocycles. The van der Waals surface area contributed by atoms with Gasteiger partial charge in [-0.15, -0.1) is 0 Å². The normalized spacial score (nSPS) is 11.8. The highest BCUT2D eigenvalue weighted by Gasteiger charge is 2.35. The number of amides is 1. The summed E-state index contributed by atoms with van der Waals surface area (Å²) in [6.07, 6.45) is -7.31. The van der Waals surface area contributed by atoms with Crippen LogP contribution in [0.3, 0.4) is 0 Å². The Morgan fingerprint density at radius 3 is 2.57 bits per heavy atom. The Morgan fingerprint density at radius 1 is 1.33 bits per heavy atom. The fourth-order valence-corrected chi connectivity index (χ4v) is 1.81. The lowest BCUT2D eigenvalue weighted by molar-refractivity contribution is -0.138. The Bertz CT molecular complexity index is 493. The summed E-state index contributed by atoms with van der Waals surface area (Å²) in [5, 5.41) is 2.18. The van der Waals surface area contributed by atoms with Crippen LogP contribution in [0, 0.1) is 0 Å². The van der Waals surface area contributed by atoms with Gasteiger partial charge < -0.3 is 10.1 Å². The fourth-order valence-electron chi connectivity index (χ4n) is 1.45. The highest BCUT2D eigenvalue weighted by atomic mass is 79.9. The molecule has 0 aliphatic rings. The van der Waals surface area contributed by atoms with Gasteiger partial charge in [-0.1, -0.05) is 15.9 Å². The molecule has 0 spiro atoms. The molecule has 0 aliphatic carbocycles. The average Bonchev–Trinajstić information content (AvgIpc) is 2.36. The first-order valence-electron chi connectivity index (χ1n) is 5.72. The van der Waals surface area contributed by atoms with Crippen molar-refractivity contribution in [2.75, 3.05) is 19.8 Å². The van der Waals surface area contributed by atoms with E-state index in [-0.39, 0.29) is 17.6 Å². The molecule has 3 nitrogen and oxygen atoms in total. The lowest BCUT2D eigenvalue weighted by Gasteiger charge is -2.13. The Labute approximate surface area is 125 Å². The molecule has 0 radical (unpaired) electrons. The van der Waals surface area contributed by atoms with E-state index in [1.165, 1.54) is 6.07 Å². The second kappa shape index (κ2) is 7.69. The molecule has 1 N–H and O–H groups in total. The zero-order valence-electron chi connectivity index (χ0n) is 10.5. The van der Waals surface area contributed by atoms with Crippen LogP contribution < -0.4 is 5.32 Å². The molecule has 0 fully saturated rings. The van der Waals surface area contributed by atoms with E-state index in [2.05, 4.69) is 26.0 Å². The molecule has 1 aromatic rings. The Kier molecular flexibility index (Phi) is 6.53. The van der Waals surface area contributed by atoms with E-state index in [0.717, 1.165) is 12.1 Å². The summed E-state index contributed by atoms with van der Waals surface area (Å²) in [5.74, 6) is -0.949. The predicted molar refractivity (Wildman–Crippen MR) is 68.3 cm³/mol. The van der Waals surface area contributed by atoms with Crippen molar-refractivity contribution < 1.29 is 31.5 Å². The van der Waals surface area contributed by atoms with Crippen molar-refractivity contribution >= 4 is 21.8 Å². The number of rotatable bonds is 6. The predicted octanol–water partition coefficient (Wildman–Crippen LogP) is 3.48. The topological polar surface area (TPSA) is 38.3 Å². The molecular weight excluding hydrogens is 365 g/mol. The molecule has 1 rings (SSSR count). The van der Waals surface area contributed by atoms with Crippen LogP contribution in [-0.4, -0.2) is 32.1 Å². The van der Waals surface area contributed by atoms with Crippen molar-refractivity contribution in [1.82, 2.24) is 5.32 Å².